The van der Waals surface area contributed by atoms with E-state index in [1.807, 2.05) is 24.3 Å². The van der Waals surface area contributed by atoms with E-state index in [4.69, 9.17) is 25.7 Å². The monoisotopic (exact) mass is 750 g/mol. The van der Waals surface area contributed by atoms with Crippen LogP contribution in [0.25, 0.3) is 21.9 Å². The summed E-state index contributed by atoms with van der Waals surface area (Å²) in [6.45, 7) is 1.74. The van der Waals surface area contributed by atoms with E-state index in [-0.39, 0.29) is 51.3 Å². The molecule has 14 heteroatoms. The van der Waals surface area contributed by atoms with Crippen molar-refractivity contribution < 1.29 is 59.2 Å². The number of nitrogens with two attached hydrogens (primary N) is 2. The lowest BCUT2D eigenvalue weighted by molar-refractivity contribution is -0.371. The van der Waals surface area contributed by atoms with E-state index >= 15 is 0 Å². The fraction of sp³-hybridized carbons (Fsp3) is 0.244. The molecule has 2 aliphatic rings. The Morgan fingerprint density at radius 3 is 2.27 bits per heavy atom. The standard InChI is InChI=1S/C41H38N2O12/c1-18-37(49)41(51,52)38(50)40(53-18)55-28-16-27-32(34(46)26(28)13-20-6-5-9-24(12-20)39(42)43)36(48)31-25(17-44)15-29(54-19(2)45)30(33(31)35(27)47)23-11-10-21-7-3-4-8-22(21)14-23/h3-12,14-16,18,37-40,44,46,49-52H,13,17,42-43H2,1-2H3/t18-,37-,38+,40-/m1/s1. The van der Waals surface area contributed by atoms with Gasteiger partial charge in [0.2, 0.25) is 12.1 Å². The van der Waals surface area contributed by atoms with Gasteiger partial charge in [-0.15, -0.1) is 0 Å². The predicted octanol–water partition coefficient (Wildman–Crippen LogP) is 2.44. The number of rotatable bonds is 8. The van der Waals surface area contributed by atoms with Crippen LogP contribution in [0, 0.1) is 0 Å². The zero-order chi connectivity index (χ0) is 39.5. The molecule has 0 amide bonds. The third-order valence-electron chi connectivity index (χ3n) is 10.0. The van der Waals surface area contributed by atoms with E-state index in [2.05, 4.69) is 0 Å². The van der Waals surface area contributed by atoms with Gasteiger partial charge in [0.15, 0.2) is 17.7 Å². The van der Waals surface area contributed by atoms with Crippen LogP contribution in [0.2, 0.25) is 0 Å². The minimum absolute atomic E-state index is 0.0424. The van der Waals surface area contributed by atoms with E-state index < -0.39 is 72.0 Å². The third kappa shape index (κ3) is 6.54. The molecular weight excluding hydrogens is 712 g/mol. The number of carbonyl (C=O) groups is 3. The summed E-state index contributed by atoms with van der Waals surface area (Å²) in [5.41, 5.74) is 12.0. The first-order chi connectivity index (χ1) is 26.1. The molecule has 0 spiro atoms. The molecule has 1 fully saturated rings. The maximum atomic E-state index is 14.9. The van der Waals surface area contributed by atoms with Crippen molar-refractivity contribution >= 4 is 28.3 Å². The van der Waals surface area contributed by atoms with Crippen molar-refractivity contribution in [3.05, 3.63) is 123 Å². The first kappa shape index (κ1) is 37.8. The number of aliphatic hydroxyl groups excluding tert-OH is 3. The number of hydrogen-bond donors (Lipinski definition) is 8. The number of aliphatic hydroxyl groups is 5. The van der Waals surface area contributed by atoms with Gasteiger partial charge in [0.25, 0.3) is 0 Å². The van der Waals surface area contributed by atoms with Crippen LogP contribution < -0.4 is 20.9 Å². The summed E-state index contributed by atoms with van der Waals surface area (Å²) in [6.07, 6.45) is -8.32. The molecule has 7 rings (SSSR count). The molecule has 55 heavy (non-hydrogen) atoms. The Labute approximate surface area is 313 Å². The number of fused-ring (bicyclic) bond motifs is 3. The Kier molecular flexibility index (Phi) is 9.79. The largest absolute Gasteiger partial charge is 0.507 e. The van der Waals surface area contributed by atoms with E-state index in [9.17, 15) is 45.0 Å². The molecule has 0 aromatic heterocycles. The van der Waals surface area contributed by atoms with Crippen LogP contribution in [-0.2, 0) is 22.6 Å². The Morgan fingerprint density at radius 1 is 0.855 bits per heavy atom. The normalized spacial score (nSPS) is 20.3. The number of phenolic OH excluding ortho intramolecular Hbond substituents is 1. The topological polar surface area (TPSA) is 252 Å². The summed E-state index contributed by atoms with van der Waals surface area (Å²) < 4.78 is 17.2. The zero-order valence-corrected chi connectivity index (χ0v) is 29.6. The average molecular weight is 751 g/mol. The number of ether oxygens (including phenoxy) is 3. The highest BCUT2D eigenvalue weighted by molar-refractivity contribution is 6.32. The van der Waals surface area contributed by atoms with Crippen molar-refractivity contribution in [1.29, 1.82) is 0 Å². The van der Waals surface area contributed by atoms with E-state index in [0.717, 1.165) is 16.8 Å². The van der Waals surface area contributed by atoms with E-state index in [1.54, 1.807) is 42.5 Å². The van der Waals surface area contributed by atoms with Gasteiger partial charge < -0.3 is 56.3 Å². The summed E-state index contributed by atoms with van der Waals surface area (Å²) in [7, 11) is 0. The van der Waals surface area contributed by atoms with Crippen LogP contribution in [0.4, 0.5) is 0 Å². The fourth-order valence-corrected chi connectivity index (χ4v) is 7.23. The highest BCUT2D eigenvalue weighted by Crippen LogP contribution is 2.47. The third-order valence-corrected chi connectivity index (χ3v) is 10.0. The molecule has 4 atom stereocenters. The number of aromatic hydroxyl groups is 1. The van der Waals surface area contributed by atoms with Gasteiger partial charge in [0.05, 0.1) is 24.4 Å². The molecule has 0 saturated carbocycles. The summed E-state index contributed by atoms with van der Waals surface area (Å²) in [5, 5.41) is 66.5. The molecule has 284 valence electrons. The van der Waals surface area contributed by atoms with Gasteiger partial charge in [0.1, 0.15) is 23.4 Å². The first-order valence-corrected chi connectivity index (χ1v) is 17.3. The quantitative estimate of drug-likeness (QED) is 0.0632. The lowest BCUT2D eigenvalue weighted by Crippen LogP contribution is -2.67. The molecule has 1 saturated heterocycles. The molecular formula is C41H38N2O12. The number of carbonyl (C=O) groups excluding carboxylic acids is 3. The number of hydrogen-bond acceptors (Lipinski definition) is 14. The van der Waals surface area contributed by atoms with Gasteiger partial charge >= 0.3 is 5.97 Å². The van der Waals surface area contributed by atoms with Crippen molar-refractivity contribution in [2.75, 3.05) is 0 Å². The molecule has 1 aliphatic heterocycles. The van der Waals surface area contributed by atoms with Crippen LogP contribution in [0.1, 0.15) is 74.1 Å². The van der Waals surface area contributed by atoms with Crippen LogP contribution in [0.5, 0.6) is 17.2 Å². The minimum Gasteiger partial charge on any atom is -0.507 e. The smallest absolute Gasteiger partial charge is 0.308 e. The van der Waals surface area contributed by atoms with Gasteiger partial charge in [-0.2, -0.15) is 0 Å². The minimum atomic E-state index is -3.09. The fourth-order valence-electron chi connectivity index (χ4n) is 7.23. The number of esters is 1. The van der Waals surface area contributed by atoms with Gasteiger partial charge in [-0.3, -0.25) is 14.4 Å². The predicted molar refractivity (Wildman–Crippen MR) is 196 cm³/mol. The van der Waals surface area contributed by atoms with Crippen LogP contribution >= 0.6 is 0 Å². The lowest BCUT2D eigenvalue weighted by Gasteiger charge is -2.44. The summed E-state index contributed by atoms with van der Waals surface area (Å²) in [6, 6.07) is 21.8. The maximum Gasteiger partial charge on any atom is 0.308 e. The summed E-state index contributed by atoms with van der Waals surface area (Å²) >= 11 is 0. The van der Waals surface area contributed by atoms with Crippen LogP contribution in [-0.4, -0.2) is 78.6 Å². The van der Waals surface area contributed by atoms with E-state index in [1.165, 1.54) is 19.9 Å². The Hall–Kier alpha value is -5.55. The second-order valence-electron chi connectivity index (χ2n) is 13.7. The second-order valence-corrected chi connectivity index (χ2v) is 13.7. The molecule has 5 aromatic carbocycles. The molecule has 1 aliphatic carbocycles. The average Bonchev–Trinajstić information content (AvgIpc) is 3.15. The summed E-state index contributed by atoms with van der Waals surface area (Å²) in [4.78, 5) is 42.0. The van der Waals surface area contributed by atoms with Crippen molar-refractivity contribution in [3.63, 3.8) is 0 Å². The molecule has 14 nitrogen and oxygen atoms in total. The Morgan fingerprint density at radius 2 is 1.58 bits per heavy atom. The van der Waals surface area contributed by atoms with Gasteiger partial charge in [-0.05, 0) is 58.1 Å². The Bertz CT molecular complexity index is 2390. The van der Waals surface area contributed by atoms with Crippen molar-refractivity contribution in [1.82, 2.24) is 0 Å². The molecule has 0 radical (unpaired) electrons. The molecule has 1 heterocycles. The number of ketones is 2. The maximum absolute atomic E-state index is 14.9. The molecule has 0 unspecified atom stereocenters. The number of phenols is 1. The van der Waals surface area contributed by atoms with Gasteiger partial charge in [0, 0.05) is 41.2 Å². The van der Waals surface area contributed by atoms with Gasteiger partial charge in [-0.25, -0.2) is 0 Å². The highest BCUT2D eigenvalue weighted by Gasteiger charge is 2.54. The lowest BCUT2D eigenvalue weighted by atomic mass is 9.76. The van der Waals surface area contributed by atoms with Crippen LogP contribution in [0.3, 0.4) is 0 Å². The van der Waals surface area contributed by atoms with Crippen molar-refractivity contribution in [2.45, 2.75) is 63.4 Å². The molecule has 10 N–H and O–H groups in total. The zero-order valence-electron chi connectivity index (χ0n) is 29.6. The SMILES string of the molecule is CC(=O)Oc1cc(CO)c2c(c1-c1ccc3ccccc3c1)C(=O)c1cc(O[C@H]3O[C@H](C)[C@@H](O)C(O)(O)[C@H]3O)c(Cc3cccc(C(N)N)c3)c(O)c1C2=O. The molecule has 0 bridgehead atoms. The number of benzene rings is 5. The summed E-state index contributed by atoms with van der Waals surface area (Å²) in [5.74, 6) is -6.53. The van der Waals surface area contributed by atoms with E-state index in [0.29, 0.717) is 16.7 Å². The van der Waals surface area contributed by atoms with Crippen molar-refractivity contribution in [2.24, 2.45) is 11.5 Å². The second kappa shape index (κ2) is 14.3. The molecule has 5 aromatic rings. The Balaban J connectivity index is 1.46. The highest BCUT2D eigenvalue weighted by atomic mass is 16.7. The van der Waals surface area contributed by atoms with Gasteiger partial charge in [-0.1, -0.05) is 60.7 Å². The first-order valence-electron chi connectivity index (χ1n) is 17.3. The van der Waals surface area contributed by atoms with Crippen LogP contribution in [0.15, 0.2) is 78.9 Å². The van der Waals surface area contributed by atoms with Crippen molar-refractivity contribution in [3.8, 4) is 28.4 Å².